The Morgan fingerprint density at radius 3 is 2.03 bits per heavy atom. The molecule has 0 saturated carbocycles. The third-order valence-electron chi connectivity index (χ3n) is 5.93. The van der Waals surface area contributed by atoms with Crippen LogP contribution >= 0.6 is 11.8 Å². The first kappa shape index (κ1) is 29.6. The lowest BCUT2D eigenvalue weighted by Crippen LogP contribution is -2.57. The molecule has 1 unspecified atom stereocenters. The maximum atomic E-state index is 13.1. The van der Waals surface area contributed by atoms with Gasteiger partial charge in [0.05, 0.1) is 11.3 Å². The molecule has 8 heteroatoms. The minimum Gasteiger partial charge on any atom is -0.351 e. The molecule has 1 saturated heterocycles. The van der Waals surface area contributed by atoms with E-state index < -0.39 is 21.7 Å². The Bertz CT molecular complexity index is 768. The van der Waals surface area contributed by atoms with Crippen molar-refractivity contribution in [2.75, 3.05) is 12.8 Å². The molecule has 0 radical (unpaired) electrons. The molecule has 0 aromatic carbocycles. The Morgan fingerprint density at radius 2 is 1.58 bits per heavy atom. The number of Topliss-reactive ketones (excluding diaryl/α,β-unsaturated/α-hetero) is 1. The minimum absolute atomic E-state index is 0.00540. The predicted octanol–water partition coefficient (Wildman–Crippen LogP) is 3.55. The van der Waals surface area contributed by atoms with Crippen molar-refractivity contribution < 1.29 is 19.2 Å². The summed E-state index contributed by atoms with van der Waals surface area (Å²) >= 11 is 1.35. The van der Waals surface area contributed by atoms with Crippen molar-refractivity contribution in [3.05, 3.63) is 0 Å². The molecular weight excluding hydrogens is 438 g/mol. The lowest BCUT2D eigenvalue weighted by molar-refractivity contribution is -0.145. The fraction of sp³-hybridized carbons (Fsp3) is 0.840. The lowest BCUT2D eigenvalue weighted by atomic mass is 9.75. The summed E-state index contributed by atoms with van der Waals surface area (Å²) in [5.74, 6) is -0.0159. The van der Waals surface area contributed by atoms with E-state index in [0.29, 0.717) is 12.2 Å². The second kappa shape index (κ2) is 10.5. The maximum Gasteiger partial charge on any atom is 0.243 e. The van der Waals surface area contributed by atoms with Gasteiger partial charge in [-0.2, -0.15) is 0 Å². The van der Waals surface area contributed by atoms with E-state index in [4.69, 9.17) is 0 Å². The van der Waals surface area contributed by atoms with E-state index in [1.165, 1.54) is 23.6 Å². The van der Waals surface area contributed by atoms with Crippen LogP contribution in [0.5, 0.6) is 0 Å². The van der Waals surface area contributed by atoms with E-state index in [2.05, 4.69) is 31.4 Å². The molecule has 1 fully saturated rings. The fourth-order valence-corrected chi connectivity index (χ4v) is 6.41. The number of likely N-dealkylation sites (N-methyl/N-ethyl adjacent to an activating group) is 1. The first-order chi connectivity index (χ1) is 14.7. The van der Waals surface area contributed by atoms with E-state index >= 15 is 0 Å². The highest BCUT2D eigenvalue weighted by Gasteiger charge is 2.48. The van der Waals surface area contributed by atoms with Crippen LogP contribution in [0, 0.1) is 10.8 Å². The third kappa shape index (κ3) is 8.39. The van der Waals surface area contributed by atoms with Gasteiger partial charge in [-0.3, -0.25) is 24.1 Å². The summed E-state index contributed by atoms with van der Waals surface area (Å²) in [6.45, 7) is 19.4. The normalized spacial score (nSPS) is 19.1. The van der Waals surface area contributed by atoms with Gasteiger partial charge in [-0.15, -0.1) is 11.8 Å². The van der Waals surface area contributed by atoms with Gasteiger partial charge in [-0.1, -0.05) is 34.6 Å². The Morgan fingerprint density at radius 1 is 1.03 bits per heavy atom. The summed E-state index contributed by atoms with van der Waals surface area (Å²) in [6.07, 6.45) is 1.30. The number of nitrogens with zero attached hydrogens (tertiary/aromatic N) is 1. The molecule has 7 nitrogen and oxygen atoms in total. The highest BCUT2D eigenvalue weighted by molar-refractivity contribution is 8.00. The molecule has 0 aliphatic carbocycles. The van der Waals surface area contributed by atoms with Crippen molar-refractivity contribution in [1.82, 2.24) is 15.5 Å². The van der Waals surface area contributed by atoms with Crippen LogP contribution in [-0.4, -0.2) is 63.6 Å². The molecule has 33 heavy (non-hydrogen) atoms. The van der Waals surface area contributed by atoms with Crippen molar-refractivity contribution in [3.63, 3.8) is 0 Å². The number of amides is 3. The van der Waals surface area contributed by atoms with Crippen LogP contribution in [0.3, 0.4) is 0 Å². The summed E-state index contributed by atoms with van der Waals surface area (Å²) < 4.78 is 0. The van der Waals surface area contributed by atoms with E-state index in [0.717, 1.165) is 6.42 Å². The van der Waals surface area contributed by atoms with E-state index in [-0.39, 0.29) is 41.4 Å². The van der Waals surface area contributed by atoms with Gasteiger partial charge >= 0.3 is 0 Å². The number of thioether (sulfide) groups is 1. The van der Waals surface area contributed by atoms with Crippen LogP contribution in [0.2, 0.25) is 0 Å². The van der Waals surface area contributed by atoms with Crippen molar-refractivity contribution in [2.45, 2.75) is 111 Å². The average Bonchev–Trinajstić information content (AvgIpc) is 2.85. The van der Waals surface area contributed by atoms with Gasteiger partial charge in [0.2, 0.25) is 17.7 Å². The molecule has 1 aliphatic heterocycles. The zero-order chi connectivity index (χ0) is 26.0. The molecule has 1 aliphatic rings. The largest absolute Gasteiger partial charge is 0.351 e. The van der Waals surface area contributed by atoms with Crippen molar-refractivity contribution >= 4 is 35.3 Å². The maximum absolute atomic E-state index is 13.1. The average molecular weight is 484 g/mol. The summed E-state index contributed by atoms with van der Waals surface area (Å²) in [6, 6.07) is -0.342. The second-order valence-electron chi connectivity index (χ2n) is 12.5. The van der Waals surface area contributed by atoms with Gasteiger partial charge in [0.15, 0.2) is 0 Å². The molecule has 190 valence electrons. The van der Waals surface area contributed by atoms with Gasteiger partial charge in [-0.05, 0) is 59.9 Å². The minimum atomic E-state index is -0.766. The quantitative estimate of drug-likeness (QED) is 0.436. The second-order valence-corrected chi connectivity index (χ2v) is 13.7. The number of nitrogens with one attached hydrogen (secondary N) is 2. The zero-order valence-corrected chi connectivity index (χ0v) is 23.3. The predicted molar refractivity (Wildman–Crippen MR) is 135 cm³/mol. The number of hydrogen-bond acceptors (Lipinski definition) is 6. The molecule has 0 aromatic rings. The molecule has 3 amide bonds. The SMILES string of the molecule is CN[C@@H](CSC1CC(=O)N(C(C)(C)CC(C)(C)NC(=O)C(C)(C)CC(C)(C)C)C1=O)C(C)=O. The standard InChI is InChI=1S/C25H45N3O4S/c1-16(29)17(26-11)13-33-18-12-19(30)28(20(18)31)25(9,10)15-24(7,8)27-21(32)23(5,6)14-22(2,3)4/h17-18,26H,12-15H2,1-11H3,(H,27,32)/t17-,18?/m0/s1. The van der Waals surface area contributed by atoms with Crippen LogP contribution in [0.25, 0.3) is 0 Å². The van der Waals surface area contributed by atoms with Crippen molar-refractivity contribution in [2.24, 2.45) is 10.8 Å². The Balaban J connectivity index is 2.90. The Kier molecular flexibility index (Phi) is 9.39. The van der Waals surface area contributed by atoms with Crippen LogP contribution in [0.1, 0.15) is 88.5 Å². The first-order valence-electron chi connectivity index (χ1n) is 11.7. The summed E-state index contributed by atoms with van der Waals surface area (Å²) in [7, 11) is 1.71. The van der Waals surface area contributed by atoms with Gasteiger partial charge in [0.1, 0.15) is 5.78 Å². The van der Waals surface area contributed by atoms with Gasteiger partial charge < -0.3 is 10.6 Å². The number of carbonyl (C=O) groups excluding carboxylic acids is 4. The van der Waals surface area contributed by atoms with Gasteiger partial charge in [0, 0.05) is 28.7 Å². The molecule has 0 aromatic heterocycles. The van der Waals surface area contributed by atoms with Crippen molar-refractivity contribution in [1.29, 1.82) is 0 Å². The molecule has 1 rings (SSSR count). The number of carbonyl (C=O) groups is 4. The lowest BCUT2D eigenvalue weighted by Gasteiger charge is -2.42. The summed E-state index contributed by atoms with van der Waals surface area (Å²) in [5, 5.41) is 5.62. The van der Waals surface area contributed by atoms with Crippen LogP contribution in [0.15, 0.2) is 0 Å². The van der Waals surface area contributed by atoms with Crippen LogP contribution < -0.4 is 10.6 Å². The van der Waals surface area contributed by atoms with E-state index in [1.54, 1.807) is 7.05 Å². The molecule has 1 heterocycles. The zero-order valence-electron chi connectivity index (χ0n) is 22.5. The highest BCUT2D eigenvalue weighted by atomic mass is 32.2. The van der Waals surface area contributed by atoms with Gasteiger partial charge in [0.25, 0.3) is 0 Å². The molecule has 0 bridgehead atoms. The monoisotopic (exact) mass is 483 g/mol. The number of hydrogen-bond donors (Lipinski definition) is 2. The molecular formula is C25H45N3O4S. The smallest absolute Gasteiger partial charge is 0.243 e. The number of rotatable bonds is 11. The van der Waals surface area contributed by atoms with E-state index in [9.17, 15) is 19.2 Å². The Labute approximate surface area is 204 Å². The fourth-order valence-electron chi connectivity index (χ4n) is 5.07. The summed E-state index contributed by atoms with van der Waals surface area (Å²) in [5.41, 5.74) is -1.91. The number of ketones is 1. The molecule has 0 spiro atoms. The van der Waals surface area contributed by atoms with E-state index in [1.807, 2.05) is 41.5 Å². The number of imide groups is 1. The van der Waals surface area contributed by atoms with Crippen molar-refractivity contribution in [3.8, 4) is 0 Å². The highest BCUT2D eigenvalue weighted by Crippen LogP contribution is 2.37. The topological polar surface area (TPSA) is 95.6 Å². The molecule has 2 atom stereocenters. The number of likely N-dealkylation sites (tertiary alicyclic amines) is 1. The molecule has 2 N–H and O–H groups in total. The van der Waals surface area contributed by atoms with Gasteiger partial charge in [-0.25, -0.2) is 0 Å². The first-order valence-corrected chi connectivity index (χ1v) is 12.8. The third-order valence-corrected chi connectivity index (χ3v) is 7.22. The Hall–Kier alpha value is -1.41. The van der Waals surface area contributed by atoms with Crippen LogP contribution in [-0.2, 0) is 19.2 Å². The van der Waals surface area contributed by atoms with Crippen LogP contribution in [0.4, 0.5) is 0 Å². The summed E-state index contributed by atoms with van der Waals surface area (Å²) in [4.78, 5) is 52.1.